The number of carbonyl (C=O) groups is 1. The third kappa shape index (κ3) is 2.57. The van der Waals surface area contributed by atoms with Gasteiger partial charge in [0, 0.05) is 12.2 Å². The quantitative estimate of drug-likeness (QED) is 0.887. The van der Waals surface area contributed by atoms with Crippen LogP contribution < -0.4 is 5.69 Å². The highest BCUT2D eigenvalue weighted by Gasteiger charge is 2.19. The summed E-state index contributed by atoms with van der Waals surface area (Å²) in [6.45, 7) is 3.55. The Balaban J connectivity index is 2.44. The van der Waals surface area contributed by atoms with Gasteiger partial charge in [-0.3, -0.25) is 4.57 Å². The molecule has 20 heavy (non-hydrogen) atoms. The monoisotopic (exact) mass is 298 g/mol. The van der Waals surface area contributed by atoms with Crippen LogP contribution in [0.5, 0.6) is 0 Å². The van der Waals surface area contributed by atoms with Crippen LogP contribution in [0.3, 0.4) is 0 Å². The van der Waals surface area contributed by atoms with E-state index in [0.717, 1.165) is 17.8 Å². The Morgan fingerprint density at radius 3 is 2.85 bits per heavy atom. The first-order valence-corrected chi connectivity index (χ1v) is 6.46. The molecule has 106 valence electrons. The minimum atomic E-state index is -1.38. The van der Waals surface area contributed by atoms with Gasteiger partial charge in [0.25, 0.3) is 0 Å². The number of nitrogens with zero attached hydrogens (tertiary/aromatic N) is 3. The summed E-state index contributed by atoms with van der Waals surface area (Å²) < 4.78 is 15.3. The van der Waals surface area contributed by atoms with Gasteiger partial charge in [0.1, 0.15) is 5.03 Å². The summed E-state index contributed by atoms with van der Waals surface area (Å²) in [7, 11) is 0. The fourth-order valence-electron chi connectivity index (χ4n) is 1.56. The van der Waals surface area contributed by atoms with Crippen molar-refractivity contribution in [2.45, 2.75) is 30.1 Å². The smallest absolute Gasteiger partial charge is 0.344 e. The van der Waals surface area contributed by atoms with Crippen LogP contribution in [0.4, 0.5) is 4.39 Å². The van der Waals surface area contributed by atoms with E-state index in [9.17, 15) is 14.0 Å². The maximum Gasteiger partial charge on any atom is 0.344 e. The number of aromatic nitrogens is 4. The van der Waals surface area contributed by atoms with Crippen molar-refractivity contribution in [1.29, 1.82) is 0 Å². The lowest BCUT2D eigenvalue weighted by atomic mass is 10.3. The standard InChI is InChI=1S/C11H11FN4O3S/c1-5(2)16-10(19)14-15-11(16)20-8-7(12)6(9(17)18)3-4-13-8/h3-5H,1-2H3,(H,14,19)(H,17,18). The summed E-state index contributed by atoms with van der Waals surface area (Å²) >= 11 is 0.793. The first-order chi connectivity index (χ1) is 9.41. The maximum absolute atomic E-state index is 14.0. The van der Waals surface area contributed by atoms with Gasteiger partial charge in [0.15, 0.2) is 11.0 Å². The van der Waals surface area contributed by atoms with Crippen LogP contribution in [-0.4, -0.2) is 30.8 Å². The van der Waals surface area contributed by atoms with Gasteiger partial charge in [-0.2, -0.15) is 0 Å². The SMILES string of the molecule is CC(C)n1c(Sc2nccc(C(=O)O)c2F)n[nH]c1=O. The molecule has 0 unspecified atom stereocenters. The van der Waals surface area contributed by atoms with Gasteiger partial charge >= 0.3 is 11.7 Å². The summed E-state index contributed by atoms with van der Waals surface area (Å²) in [6, 6.07) is 0.899. The van der Waals surface area contributed by atoms with Crippen LogP contribution >= 0.6 is 11.8 Å². The molecule has 2 aromatic rings. The van der Waals surface area contributed by atoms with Crippen molar-refractivity contribution in [3.05, 3.63) is 34.1 Å². The Morgan fingerprint density at radius 1 is 1.55 bits per heavy atom. The molecule has 0 spiro atoms. The minimum absolute atomic E-state index is 0.147. The van der Waals surface area contributed by atoms with Crippen molar-refractivity contribution in [3.8, 4) is 0 Å². The van der Waals surface area contributed by atoms with Gasteiger partial charge in [-0.05, 0) is 31.7 Å². The lowest BCUT2D eigenvalue weighted by Crippen LogP contribution is -2.19. The summed E-state index contributed by atoms with van der Waals surface area (Å²) in [5.74, 6) is -2.33. The third-order valence-corrected chi connectivity index (χ3v) is 3.41. The lowest BCUT2D eigenvalue weighted by molar-refractivity contribution is 0.0691. The molecule has 0 aliphatic carbocycles. The Kier molecular flexibility index (Phi) is 3.89. The molecule has 0 aromatic carbocycles. The average molecular weight is 298 g/mol. The molecule has 0 saturated carbocycles. The van der Waals surface area contributed by atoms with Crippen molar-refractivity contribution >= 4 is 17.7 Å². The van der Waals surface area contributed by atoms with Crippen LogP contribution in [0.1, 0.15) is 30.2 Å². The molecule has 0 aliphatic rings. The zero-order valence-corrected chi connectivity index (χ0v) is 11.4. The molecule has 2 heterocycles. The molecule has 0 saturated heterocycles. The van der Waals surface area contributed by atoms with Crippen molar-refractivity contribution in [3.63, 3.8) is 0 Å². The zero-order chi connectivity index (χ0) is 14.9. The van der Waals surface area contributed by atoms with E-state index in [1.54, 1.807) is 13.8 Å². The molecule has 7 nitrogen and oxygen atoms in total. The zero-order valence-electron chi connectivity index (χ0n) is 10.6. The summed E-state index contributed by atoms with van der Waals surface area (Å²) in [4.78, 5) is 26.2. The molecule has 0 fully saturated rings. The van der Waals surface area contributed by atoms with Crippen molar-refractivity contribution < 1.29 is 14.3 Å². The molecular weight excluding hydrogens is 287 g/mol. The molecule has 2 aromatic heterocycles. The van der Waals surface area contributed by atoms with Crippen molar-refractivity contribution in [1.82, 2.24) is 19.7 Å². The van der Waals surface area contributed by atoms with Gasteiger partial charge in [0.05, 0.1) is 5.56 Å². The van der Waals surface area contributed by atoms with Crippen molar-refractivity contribution in [2.24, 2.45) is 0 Å². The van der Waals surface area contributed by atoms with Gasteiger partial charge in [0.2, 0.25) is 0 Å². The van der Waals surface area contributed by atoms with Gasteiger partial charge in [-0.25, -0.2) is 24.1 Å². The number of halogens is 1. The number of hydrogen-bond acceptors (Lipinski definition) is 5. The predicted molar refractivity (Wildman–Crippen MR) is 68.5 cm³/mol. The minimum Gasteiger partial charge on any atom is -0.478 e. The largest absolute Gasteiger partial charge is 0.478 e. The van der Waals surface area contributed by atoms with E-state index in [-0.39, 0.29) is 16.2 Å². The highest BCUT2D eigenvalue weighted by atomic mass is 32.2. The highest BCUT2D eigenvalue weighted by molar-refractivity contribution is 7.99. The Morgan fingerprint density at radius 2 is 2.25 bits per heavy atom. The summed E-state index contributed by atoms with van der Waals surface area (Å²) in [5.41, 5.74) is -0.895. The Labute approximate surface area is 116 Å². The first kappa shape index (κ1) is 14.3. The van der Waals surface area contributed by atoms with Gasteiger partial charge < -0.3 is 5.11 Å². The topological polar surface area (TPSA) is 101 Å². The molecule has 0 radical (unpaired) electrons. The van der Waals surface area contributed by atoms with Crippen LogP contribution in [0, 0.1) is 5.82 Å². The number of hydrogen-bond donors (Lipinski definition) is 2. The molecule has 9 heteroatoms. The number of aromatic carboxylic acids is 1. The van der Waals surface area contributed by atoms with E-state index in [1.165, 1.54) is 10.8 Å². The van der Waals surface area contributed by atoms with Crippen LogP contribution in [0.15, 0.2) is 27.2 Å². The van der Waals surface area contributed by atoms with Gasteiger partial charge in [-0.1, -0.05) is 0 Å². The molecule has 2 N–H and O–H groups in total. The highest BCUT2D eigenvalue weighted by Crippen LogP contribution is 2.28. The second-order valence-electron chi connectivity index (χ2n) is 4.16. The maximum atomic E-state index is 14.0. The Bertz CT molecular complexity index is 710. The molecule has 0 aliphatic heterocycles. The number of H-pyrrole nitrogens is 1. The van der Waals surface area contributed by atoms with E-state index < -0.39 is 23.0 Å². The number of pyridine rings is 1. The third-order valence-electron chi connectivity index (χ3n) is 2.46. The van der Waals surface area contributed by atoms with Crippen molar-refractivity contribution in [2.75, 3.05) is 0 Å². The number of carboxylic acid groups (broad SMARTS) is 1. The van der Waals surface area contributed by atoms with E-state index in [4.69, 9.17) is 5.11 Å². The van der Waals surface area contributed by atoms with E-state index in [1.807, 2.05) is 0 Å². The molecule has 0 atom stereocenters. The predicted octanol–water partition coefficient (Wildman–Crippen LogP) is 1.54. The first-order valence-electron chi connectivity index (χ1n) is 5.64. The molecule has 2 rings (SSSR count). The molecule has 0 bridgehead atoms. The average Bonchev–Trinajstić information content (AvgIpc) is 2.72. The Hall–Kier alpha value is -2.16. The van der Waals surface area contributed by atoms with E-state index in [0.29, 0.717) is 0 Å². The molecule has 0 amide bonds. The number of aromatic amines is 1. The normalized spacial score (nSPS) is 11.0. The lowest BCUT2D eigenvalue weighted by Gasteiger charge is -2.08. The number of carboxylic acids is 1. The van der Waals surface area contributed by atoms with Gasteiger partial charge in [-0.15, -0.1) is 5.10 Å². The second kappa shape index (κ2) is 5.45. The number of rotatable bonds is 4. The summed E-state index contributed by atoms with van der Waals surface area (Å²) in [5, 5.41) is 15.0. The fraction of sp³-hybridized carbons (Fsp3) is 0.273. The second-order valence-corrected chi connectivity index (χ2v) is 5.12. The van der Waals surface area contributed by atoms with Crippen LogP contribution in [-0.2, 0) is 0 Å². The number of nitrogens with one attached hydrogen (secondary N) is 1. The van der Waals surface area contributed by atoms with E-state index in [2.05, 4.69) is 15.2 Å². The molecular formula is C11H11FN4O3S. The van der Waals surface area contributed by atoms with E-state index >= 15 is 0 Å². The fourth-order valence-corrected chi connectivity index (χ4v) is 2.53. The van der Waals surface area contributed by atoms with Crippen LogP contribution in [0.2, 0.25) is 0 Å². The summed E-state index contributed by atoms with van der Waals surface area (Å²) in [6.07, 6.45) is 1.19. The van der Waals surface area contributed by atoms with Crippen LogP contribution in [0.25, 0.3) is 0 Å².